The van der Waals surface area contributed by atoms with E-state index >= 15 is 0 Å². The van der Waals surface area contributed by atoms with Crippen LogP contribution in [0.4, 0.5) is 0 Å². The van der Waals surface area contributed by atoms with Crippen molar-refractivity contribution in [2.75, 3.05) is 27.2 Å². The van der Waals surface area contributed by atoms with E-state index in [4.69, 9.17) is 4.74 Å². The van der Waals surface area contributed by atoms with Crippen molar-refractivity contribution in [3.05, 3.63) is 29.8 Å². The van der Waals surface area contributed by atoms with Crippen LogP contribution in [0.15, 0.2) is 24.3 Å². The van der Waals surface area contributed by atoms with Gasteiger partial charge >= 0.3 is 0 Å². The minimum Gasteiger partial charge on any atom is -0.496 e. The molecule has 1 aromatic carbocycles. The van der Waals surface area contributed by atoms with Crippen molar-refractivity contribution >= 4 is 0 Å². The van der Waals surface area contributed by atoms with Crippen molar-refractivity contribution in [2.45, 2.75) is 45.7 Å². The number of benzene rings is 1. The summed E-state index contributed by atoms with van der Waals surface area (Å²) in [7, 11) is 3.79. The molecule has 20 heavy (non-hydrogen) atoms. The number of rotatable bonds is 8. The van der Waals surface area contributed by atoms with Crippen molar-refractivity contribution < 1.29 is 4.74 Å². The van der Waals surface area contributed by atoms with Gasteiger partial charge in [-0.15, -0.1) is 0 Å². The van der Waals surface area contributed by atoms with Crippen LogP contribution in [0, 0.1) is 0 Å². The van der Waals surface area contributed by atoms with E-state index in [2.05, 4.69) is 50.0 Å². The van der Waals surface area contributed by atoms with Gasteiger partial charge in [-0.1, -0.05) is 32.0 Å². The molecule has 1 aromatic rings. The summed E-state index contributed by atoms with van der Waals surface area (Å²) < 4.78 is 5.48. The van der Waals surface area contributed by atoms with Crippen molar-refractivity contribution in [1.29, 1.82) is 0 Å². The second-order valence-electron chi connectivity index (χ2n) is 5.68. The second-order valence-corrected chi connectivity index (χ2v) is 5.68. The minimum atomic E-state index is 0.0963. The fourth-order valence-corrected chi connectivity index (χ4v) is 3.06. The zero-order valence-electron chi connectivity index (χ0n) is 13.9. The second kappa shape index (κ2) is 7.65. The Morgan fingerprint density at radius 3 is 2.30 bits per heavy atom. The number of nitrogens with zero attached hydrogens (tertiary/aromatic N) is 1. The number of nitrogens with one attached hydrogen (secondary N) is 1. The zero-order valence-corrected chi connectivity index (χ0v) is 13.9. The zero-order chi connectivity index (χ0) is 15.2. The highest BCUT2D eigenvalue weighted by Crippen LogP contribution is 2.25. The molecule has 0 aliphatic carbocycles. The lowest BCUT2D eigenvalue weighted by atomic mass is 9.87. The summed E-state index contributed by atoms with van der Waals surface area (Å²) in [4.78, 5) is 2.50. The Bertz CT molecular complexity index is 400. The fourth-order valence-electron chi connectivity index (χ4n) is 3.06. The summed E-state index contributed by atoms with van der Waals surface area (Å²) in [5.41, 5.74) is 1.36. The molecule has 1 atom stereocenters. The summed E-state index contributed by atoms with van der Waals surface area (Å²) in [6.45, 7) is 11.2. The van der Waals surface area contributed by atoms with E-state index in [9.17, 15) is 0 Å². The van der Waals surface area contributed by atoms with Crippen molar-refractivity contribution in [3.63, 3.8) is 0 Å². The first-order valence-corrected chi connectivity index (χ1v) is 7.55. The first-order chi connectivity index (χ1) is 9.51. The third-order valence-corrected chi connectivity index (χ3v) is 4.40. The van der Waals surface area contributed by atoms with Crippen LogP contribution in [0.1, 0.15) is 33.3 Å². The lowest BCUT2D eigenvalue weighted by Crippen LogP contribution is -2.57. The third-order valence-electron chi connectivity index (χ3n) is 4.40. The molecule has 0 saturated heterocycles. The SMILES string of the molecule is CCN(CC)C(C)(C)C(Cc1ccccc1OC)NC. The molecule has 0 radical (unpaired) electrons. The van der Waals surface area contributed by atoms with Gasteiger partial charge in [-0.2, -0.15) is 0 Å². The Labute approximate surface area is 124 Å². The highest BCUT2D eigenvalue weighted by Gasteiger charge is 2.33. The smallest absolute Gasteiger partial charge is 0.122 e. The van der Waals surface area contributed by atoms with Gasteiger partial charge in [0.05, 0.1) is 7.11 Å². The lowest BCUT2D eigenvalue weighted by Gasteiger charge is -2.43. The predicted molar refractivity (Wildman–Crippen MR) is 86.5 cm³/mol. The number of para-hydroxylation sites is 1. The van der Waals surface area contributed by atoms with Crippen LogP contribution in [-0.4, -0.2) is 43.7 Å². The molecule has 0 saturated carbocycles. The Morgan fingerprint density at radius 2 is 1.80 bits per heavy atom. The monoisotopic (exact) mass is 278 g/mol. The Kier molecular flexibility index (Phi) is 6.50. The molecule has 0 aromatic heterocycles. The first kappa shape index (κ1) is 17.0. The summed E-state index contributed by atoms with van der Waals surface area (Å²) in [6, 6.07) is 8.66. The van der Waals surface area contributed by atoms with Crippen molar-refractivity contribution in [2.24, 2.45) is 0 Å². The fraction of sp³-hybridized carbons (Fsp3) is 0.647. The summed E-state index contributed by atoms with van der Waals surface area (Å²) in [5, 5.41) is 3.49. The van der Waals surface area contributed by atoms with E-state index in [-0.39, 0.29) is 5.54 Å². The van der Waals surface area contributed by atoms with Crippen LogP contribution in [0.2, 0.25) is 0 Å². The molecule has 1 rings (SSSR count). The van der Waals surface area contributed by atoms with E-state index in [1.165, 1.54) is 5.56 Å². The predicted octanol–water partition coefficient (Wildman–Crippen LogP) is 2.95. The molecule has 0 bridgehead atoms. The number of likely N-dealkylation sites (N-methyl/N-ethyl adjacent to an activating group) is 2. The molecular formula is C17H30N2O. The largest absolute Gasteiger partial charge is 0.496 e. The molecule has 3 heteroatoms. The molecule has 0 aliphatic heterocycles. The lowest BCUT2D eigenvalue weighted by molar-refractivity contribution is 0.0941. The van der Waals surface area contributed by atoms with Gasteiger partial charge in [-0.05, 0) is 52.0 Å². The molecule has 1 unspecified atom stereocenters. The highest BCUT2D eigenvalue weighted by atomic mass is 16.5. The Hall–Kier alpha value is -1.06. The highest BCUT2D eigenvalue weighted by molar-refractivity contribution is 5.34. The van der Waals surface area contributed by atoms with Gasteiger partial charge in [0.2, 0.25) is 0 Å². The van der Waals surface area contributed by atoms with E-state index in [0.29, 0.717) is 6.04 Å². The van der Waals surface area contributed by atoms with Gasteiger partial charge in [0.25, 0.3) is 0 Å². The average molecular weight is 278 g/mol. The standard InChI is InChI=1S/C17H30N2O/c1-7-19(8-2)17(3,4)16(18-5)13-14-11-9-10-12-15(14)20-6/h9-12,16,18H,7-8,13H2,1-6H3. The van der Waals surface area contributed by atoms with E-state index in [1.54, 1.807) is 7.11 Å². The molecule has 3 nitrogen and oxygen atoms in total. The summed E-state index contributed by atoms with van der Waals surface area (Å²) in [6.07, 6.45) is 0.962. The maximum absolute atomic E-state index is 5.48. The van der Waals surface area contributed by atoms with Crippen LogP contribution < -0.4 is 10.1 Å². The van der Waals surface area contributed by atoms with Crippen LogP contribution >= 0.6 is 0 Å². The number of methoxy groups -OCH3 is 1. The van der Waals surface area contributed by atoms with Gasteiger partial charge in [0, 0.05) is 11.6 Å². The van der Waals surface area contributed by atoms with Crippen LogP contribution in [0.5, 0.6) is 5.75 Å². The van der Waals surface area contributed by atoms with Gasteiger partial charge in [0.1, 0.15) is 5.75 Å². The van der Waals surface area contributed by atoms with Crippen molar-refractivity contribution in [1.82, 2.24) is 10.2 Å². The molecular weight excluding hydrogens is 248 g/mol. The number of hydrogen-bond acceptors (Lipinski definition) is 3. The van der Waals surface area contributed by atoms with Crippen molar-refractivity contribution in [3.8, 4) is 5.75 Å². The molecule has 1 N–H and O–H groups in total. The van der Waals surface area contributed by atoms with Gasteiger partial charge < -0.3 is 10.1 Å². The molecule has 114 valence electrons. The van der Waals surface area contributed by atoms with Crippen LogP contribution in [0.25, 0.3) is 0 Å². The van der Waals surface area contributed by atoms with E-state index in [1.807, 2.05) is 19.2 Å². The molecule has 0 amide bonds. The summed E-state index contributed by atoms with van der Waals surface area (Å²) >= 11 is 0. The Morgan fingerprint density at radius 1 is 1.20 bits per heavy atom. The first-order valence-electron chi connectivity index (χ1n) is 7.55. The topological polar surface area (TPSA) is 24.5 Å². The molecule has 0 spiro atoms. The maximum Gasteiger partial charge on any atom is 0.122 e. The Balaban J connectivity index is 2.96. The van der Waals surface area contributed by atoms with Crippen LogP contribution in [-0.2, 0) is 6.42 Å². The van der Waals surface area contributed by atoms with E-state index in [0.717, 1.165) is 25.3 Å². The average Bonchev–Trinajstić information content (AvgIpc) is 2.45. The normalized spacial score (nSPS) is 13.6. The minimum absolute atomic E-state index is 0.0963. The molecule has 0 aliphatic rings. The quantitative estimate of drug-likeness (QED) is 0.791. The maximum atomic E-state index is 5.48. The molecule has 0 fully saturated rings. The van der Waals surface area contributed by atoms with E-state index < -0.39 is 0 Å². The van der Waals surface area contributed by atoms with Crippen LogP contribution in [0.3, 0.4) is 0 Å². The number of ether oxygens (including phenoxy) is 1. The third kappa shape index (κ3) is 3.74. The number of hydrogen-bond donors (Lipinski definition) is 1. The van der Waals surface area contributed by atoms with Gasteiger partial charge in [-0.3, -0.25) is 4.90 Å². The van der Waals surface area contributed by atoms with Gasteiger partial charge in [-0.25, -0.2) is 0 Å². The molecule has 0 heterocycles. The summed E-state index contributed by atoms with van der Waals surface area (Å²) in [5.74, 6) is 0.975. The van der Waals surface area contributed by atoms with Gasteiger partial charge in [0.15, 0.2) is 0 Å².